The lowest BCUT2D eigenvalue weighted by molar-refractivity contribution is 0.00670. The zero-order valence-corrected chi connectivity index (χ0v) is 17.9. The van der Waals surface area contributed by atoms with E-state index in [1.165, 1.54) is 89.2 Å². The van der Waals surface area contributed by atoms with Crippen LogP contribution in [0, 0.1) is 5.92 Å². The van der Waals surface area contributed by atoms with Gasteiger partial charge in [0, 0.05) is 30.2 Å². The smallest absolute Gasteiger partial charge is 0.123 e. The molecule has 0 amide bonds. The number of hydrogen-bond donors (Lipinski definition) is 1. The van der Waals surface area contributed by atoms with Crippen LogP contribution in [0.1, 0.15) is 82.6 Å². The minimum absolute atomic E-state index is 0.628. The fraction of sp³-hybridized carbons (Fsp3) is 0.760. The van der Waals surface area contributed by atoms with Crippen LogP contribution in [0.2, 0.25) is 0 Å². The highest BCUT2D eigenvalue weighted by molar-refractivity contribution is 5.33. The molecule has 2 aliphatic carbocycles. The Morgan fingerprint density at radius 2 is 1.61 bits per heavy atom. The van der Waals surface area contributed by atoms with Crippen LogP contribution in [-0.2, 0) is 6.54 Å². The van der Waals surface area contributed by atoms with Gasteiger partial charge < -0.3 is 10.1 Å². The Morgan fingerprint density at radius 1 is 0.893 bits per heavy atom. The number of piperidine rings is 1. The van der Waals surface area contributed by atoms with E-state index in [1.807, 2.05) is 0 Å². The number of nitrogens with zero attached hydrogens (tertiary/aromatic N) is 1. The maximum absolute atomic E-state index is 5.59. The van der Waals surface area contributed by atoms with E-state index < -0.39 is 0 Å². The van der Waals surface area contributed by atoms with Gasteiger partial charge in [-0.1, -0.05) is 56.7 Å². The van der Waals surface area contributed by atoms with E-state index in [-0.39, 0.29) is 0 Å². The quantitative estimate of drug-likeness (QED) is 0.698. The number of para-hydroxylation sites is 1. The third-order valence-corrected chi connectivity index (χ3v) is 7.65. The van der Waals surface area contributed by atoms with Crippen LogP contribution in [-0.4, -0.2) is 36.7 Å². The van der Waals surface area contributed by atoms with Crippen molar-refractivity contribution in [2.75, 3.05) is 13.7 Å². The van der Waals surface area contributed by atoms with E-state index >= 15 is 0 Å². The summed E-state index contributed by atoms with van der Waals surface area (Å²) in [6.07, 6.45) is 17.1. The van der Waals surface area contributed by atoms with Crippen molar-refractivity contribution in [2.45, 2.75) is 102 Å². The van der Waals surface area contributed by atoms with Crippen LogP contribution in [0.5, 0.6) is 5.75 Å². The van der Waals surface area contributed by atoms with Crippen LogP contribution in [0.4, 0.5) is 0 Å². The molecule has 3 nitrogen and oxygen atoms in total. The van der Waals surface area contributed by atoms with Gasteiger partial charge in [0.15, 0.2) is 0 Å². The maximum atomic E-state index is 5.59. The Hall–Kier alpha value is -1.06. The van der Waals surface area contributed by atoms with Crippen molar-refractivity contribution in [3.8, 4) is 5.75 Å². The van der Waals surface area contributed by atoms with Crippen molar-refractivity contribution in [1.82, 2.24) is 10.2 Å². The second-order valence-corrected chi connectivity index (χ2v) is 9.36. The molecule has 1 aromatic rings. The van der Waals surface area contributed by atoms with Gasteiger partial charge in [-0.3, -0.25) is 4.90 Å². The predicted molar refractivity (Wildman–Crippen MR) is 117 cm³/mol. The van der Waals surface area contributed by atoms with Crippen molar-refractivity contribution < 1.29 is 4.74 Å². The van der Waals surface area contributed by atoms with Crippen LogP contribution in [0.25, 0.3) is 0 Å². The largest absolute Gasteiger partial charge is 0.496 e. The number of benzene rings is 1. The first-order valence-electron chi connectivity index (χ1n) is 12.0. The molecule has 1 saturated heterocycles. The van der Waals surface area contributed by atoms with Gasteiger partial charge in [-0.25, -0.2) is 0 Å². The van der Waals surface area contributed by atoms with Crippen molar-refractivity contribution in [1.29, 1.82) is 0 Å². The summed E-state index contributed by atoms with van der Waals surface area (Å²) in [4.78, 5) is 2.98. The molecule has 0 bridgehead atoms. The molecule has 28 heavy (non-hydrogen) atoms. The summed E-state index contributed by atoms with van der Waals surface area (Å²) in [5, 5.41) is 4.01. The summed E-state index contributed by atoms with van der Waals surface area (Å²) in [6.45, 7) is 2.26. The molecule has 2 saturated carbocycles. The van der Waals surface area contributed by atoms with Gasteiger partial charge in [-0.05, 0) is 57.1 Å². The molecule has 2 unspecified atom stereocenters. The standard InChI is InChI=1S/C25H40N2O/c1-28-24-17-9-8-13-21(24)19-26-23-16-10-18-27(22-14-6-3-7-15-22)25(23)20-11-4-2-5-12-20/h8-9,13,17,20,22-23,25-26H,2-7,10-12,14-16,18-19H2,1H3. The Morgan fingerprint density at radius 3 is 2.36 bits per heavy atom. The minimum Gasteiger partial charge on any atom is -0.496 e. The first-order valence-corrected chi connectivity index (χ1v) is 12.0. The molecule has 0 radical (unpaired) electrons. The van der Waals surface area contributed by atoms with Gasteiger partial charge in [0.25, 0.3) is 0 Å². The molecule has 1 N–H and O–H groups in total. The molecular formula is C25H40N2O. The number of rotatable bonds is 6. The number of hydrogen-bond acceptors (Lipinski definition) is 3. The Kier molecular flexibility index (Phi) is 7.31. The first kappa shape index (κ1) is 20.2. The van der Waals surface area contributed by atoms with Gasteiger partial charge in [0.05, 0.1) is 7.11 Å². The zero-order valence-electron chi connectivity index (χ0n) is 17.9. The highest BCUT2D eigenvalue weighted by Gasteiger charge is 2.40. The highest BCUT2D eigenvalue weighted by atomic mass is 16.5. The summed E-state index contributed by atoms with van der Waals surface area (Å²) in [7, 11) is 1.79. The molecule has 2 atom stereocenters. The summed E-state index contributed by atoms with van der Waals surface area (Å²) >= 11 is 0. The van der Waals surface area contributed by atoms with Crippen molar-refractivity contribution in [3.05, 3.63) is 29.8 Å². The molecule has 1 aliphatic heterocycles. The Bertz CT molecular complexity index is 592. The number of methoxy groups -OCH3 is 1. The van der Waals surface area contributed by atoms with E-state index in [9.17, 15) is 0 Å². The number of likely N-dealkylation sites (tertiary alicyclic amines) is 1. The Balaban J connectivity index is 1.49. The fourth-order valence-corrected chi connectivity index (χ4v) is 6.27. The van der Waals surface area contributed by atoms with Gasteiger partial charge in [-0.15, -0.1) is 0 Å². The van der Waals surface area contributed by atoms with Gasteiger partial charge >= 0.3 is 0 Å². The second-order valence-electron chi connectivity index (χ2n) is 9.36. The van der Waals surface area contributed by atoms with Crippen molar-refractivity contribution in [2.24, 2.45) is 5.92 Å². The van der Waals surface area contributed by atoms with Crippen LogP contribution >= 0.6 is 0 Å². The molecule has 4 rings (SSSR count). The topological polar surface area (TPSA) is 24.5 Å². The average Bonchev–Trinajstić information content (AvgIpc) is 2.78. The normalized spacial score (nSPS) is 28.3. The summed E-state index contributed by atoms with van der Waals surface area (Å²) < 4.78 is 5.59. The molecule has 1 aromatic carbocycles. The van der Waals surface area contributed by atoms with Crippen LogP contribution in [0.15, 0.2) is 24.3 Å². The highest BCUT2D eigenvalue weighted by Crippen LogP contribution is 2.37. The molecular weight excluding hydrogens is 344 g/mol. The molecule has 3 heteroatoms. The number of nitrogens with one attached hydrogen (secondary N) is 1. The minimum atomic E-state index is 0.628. The van der Waals surface area contributed by atoms with Gasteiger partial charge in [-0.2, -0.15) is 0 Å². The third kappa shape index (κ3) is 4.74. The monoisotopic (exact) mass is 384 g/mol. The second kappa shape index (κ2) is 10.1. The lowest BCUT2D eigenvalue weighted by atomic mass is 9.76. The maximum Gasteiger partial charge on any atom is 0.123 e. The van der Waals surface area contributed by atoms with E-state index in [2.05, 4.69) is 34.5 Å². The SMILES string of the molecule is COc1ccccc1CNC1CCCN(C2CCCCC2)C1C1CCCCC1. The molecule has 0 spiro atoms. The molecule has 156 valence electrons. The van der Waals surface area contributed by atoms with Crippen molar-refractivity contribution >= 4 is 0 Å². The fourth-order valence-electron chi connectivity index (χ4n) is 6.27. The van der Waals surface area contributed by atoms with Gasteiger partial charge in [0.1, 0.15) is 5.75 Å². The van der Waals surface area contributed by atoms with Gasteiger partial charge in [0.2, 0.25) is 0 Å². The summed E-state index contributed by atoms with van der Waals surface area (Å²) in [5.41, 5.74) is 1.29. The molecule has 3 aliphatic rings. The lowest BCUT2D eigenvalue weighted by Crippen LogP contribution is -2.60. The lowest BCUT2D eigenvalue weighted by Gasteiger charge is -2.50. The zero-order chi connectivity index (χ0) is 19.2. The predicted octanol–water partition coefficient (Wildman–Crippen LogP) is 5.53. The number of ether oxygens (including phenoxy) is 1. The van der Waals surface area contributed by atoms with Crippen molar-refractivity contribution in [3.63, 3.8) is 0 Å². The molecule has 1 heterocycles. The van der Waals surface area contributed by atoms with Crippen LogP contribution in [0.3, 0.4) is 0 Å². The summed E-state index contributed by atoms with van der Waals surface area (Å²) in [5.74, 6) is 1.91. The average molecular weight is 385 g/mol. The third-order valence-electron chi connectivity index (χ3n) is 7.65. The Labute approximate surface area is 172 Å². The summed E-state index contributed by atoms with van der Waals surface area (Å²) in [6, 6.07) is 10.7. The van der Waals surface area contributed by atoms with Crippen LogP contribution < -0.4 is 10.1 Å². The van der Waals surface area contributed by atoms with E-state index in [4.69, 9.17) is 4.74 Å². The van der Waals surface area contributed by atoms with E-state index in [1.54, 1.807) is 7.11 Å². The van der Waals surface area contributed by atoms with E-state index in [0.29, 0.717) is 6.04 Å². The molecule has 0 aromatic heterocycles. The molecule has 3 fully saturated rings. The first-order chi connectivity index (χ1) is 13.9. The van der Waals surface area contributed by atoms with E-state index in [0.717, 1.165) is 30.3 Å².